The number of nitrogens with one attached hydrogen (secondary N) is 1. The Morgan fingerprint density at radius 1 is 1.13 bits per heavy atom. The van der Waals surface area contributed by atoms with Gasteiger partial charge in [-0.25, -0.2) is 0 Å². The smallest absolute Gasteiger partial charge is 0.0619 e. The van der Waals surface area contributed by atoms with E-state index >= 15 is 0 Å². The van der Waals surface area contributed by atoms with Gasteiger partial charge in [0.25, 0.3) is 0 Å². The lowest BCUT2D eigenvalue weighted by molar-refractivity contribution is 0.104. The van der Waals surface area contributed by atoms with Crippen molar-refractivity contribution in [2.75, 3.05) is 19.8 Å². The van der Waals surface area contributed by atoms with Gasteiger partial charge in [0.2, 0.25) is 0 Å². The molecule has 15 heavy (non-hydrogen) atoms. The minimum absolute atomic E-state index is 0.548. The van der Waals surface area contributed by atoms with E-state index in [1.807, 2.05) is 0 Å². The zero-order valence-corrected chi connectivity index (χ0v) is 11.0. The maximum atomic E-state index is 5.62. The fourth-order valence-electron chi connectivity index (χ4n) is 1.58. The summed E-state index contributed by atoms with van der Waals surface area (Å²) in [6, 6.07) is 0.548. The Bertz CT molecular complexity index is 128. The van der Waals surface area contributed by atoms with Gasteiger partial charge >= 0.3 is 0 Å². The molecule has 0 saturated carbocycles. The predicted octanol–water partition coefficient (Wildman–Crippen LogP) is 3.22. The monoisotopic (exact) mass is 215 g/mol. The average molecular weight is 215 g/mol. The van der Waals surface area contributed by atoms with Gasteiger partial charge in [-0.05, 0) is 31.7 Å². The molecule has 2 atom stereocenters. The second kappa shape index (κ2) is 10.4. The molecular formula is C13H29NO. The third-order valence-electron chi connectivity index (χ3n) is 2.73. The molecule has 0 aliphatic heterocycles. The van der Waals surface area contributed by atoms with Gasteiger partial charge in [-0.3, -0.25) is 0 Å². The highest BCUT2D eigenvalue weighted by Gasteiger charge is 2.11. The molecule has 0 amide bonds. The average Bonchev–Trinajstić information content (AvgIpc) is 2.25. The molecule has 0 aliphatic rings. The van der Waals surface area contributed by atoms with Crippen LogP contribution in [-0.4, -0.2) is 25.8 Å². The van der Waals surface area contributed by atoms with E-state index in [-0.39, 0.29) is 0 Å². The summed E-state index contributed by atoms with van der Waals surface area (Å²) < 4.78 is 5.62. The number of hydrogen-bond acceptors (Lipinski definition) is 2. The zero-order chi connectivity index (χ0) is 11.5. The molecule has 2 unspecified atom stereocenters. The minimum Gasteiger partial charge on any atom is -0.380 e. The standard InChI is InChI=1S/C13H29NO/c1-5-8-14-13(10-12(4)7-3)11-15-9-6-2/h12-14H,5-11H2,1-4H3. The number of hydrogen-bond donors (Lipinski definition) is 1. The lowest BCUT2D eigenvalue weighted by Gasteiger charge is -2.21. The Balaban J connectivity index is 3.72. The van der Waals surface area contributed by atoms with Crippen LogP contribution < -0.4 is 5.32 Å². The number of ether oxygens (including phenoxy) is 1. The summed E-state index contributed by atoms with van der Waals surface area (Å²) in [5.74, 6) is 0.796. The quantitative estimate of drug-likeness (QED) is 0.565. The first kappa shape index (κ1) is 14.9. The molecule has 0 rings (SSSR count). The Morgan fingerprint density at radius 2 is 1.87 bits per heavy atom. The van der Waals surface area contributed by atoms with Gasteiger partial charge < -0.3 is 10.1 Å². The molecule has 0 aliphatic carbocycles. The van der Waals surface area contributed by atoms with Crippen molar-refractivity contribution in [1.82, 2.24) is 5.32 Å². The van der Waals surface area contributed by atoms with Gasteiger partial charge in [0.05, 0.1) is 6.61 Å². The topological polar surface area (TPSA) is 21.3 Å². The van der Waals surface area contributed by atoms with Crippen LogP contribution in [0.2, 0.25) is 0 Å². The third-order valence-corrected chi connectivity index (χ3v) is 2.73. The van der Waals surface area contributed by atoms with E-state index in [0.717, 1.165) is 32.1 Å². The van der Waals surface area contributed by atoms with Crippen molar-refractivity contribution in [3.8, 4) is 0 Å². The van der Waals surface area contributed by atoms with Crippen LogP contribution in [0.3, 0.4) is 0 Å². The van der Waals surface area contributed by atoms with E-state index in [1.54, 1.807) is 0 Å². The van der Waals surface area contributed by atoms with Gasteiger partial charge in [0, 0.05) is 12.6 Å². The third kappa shape index (κ3) is 8.88. The Labute approximate surface area is 95.8 Å². The first-order valence-corrected chi connectivity index (χ1v) is 6.55. The lowest BCUT2D eigenvalue weighted by Crippen LogP contribution is -2.35. The maximum Gasteiger partial charge on any atom is 0.0619 e. The van der Waals surface area contributed by atoms with Crippen LogP contribution in [0.4, 0.5) is 0 Å². The molecule has 0 aromatic carbocycles. The maximum absolute atomic E-state index is 5.62. The molecule has 2 nitrogen and oxygen atoms in total. The summed E-state index contributed by atoms with van der Waals surface area (Å²) in [5.41, 5.74) is 0. The van der Waals surface area contributed by atoms with Crippen molar-refractivity contribution in [3.05, 3.63) is 0 Å². The van der Waals surface area contributed by atoms with Gasteiger partial charge in [-0.2, -0.15) is 0 Å². The van der Waals surface area contributed by atoms with Crippen LogP contribution >= 0.6 is 0 Å². The lowest BCUT2D eigenvalue weighted by atomic mass is 10.00. The van der Waals surface area contributed by atoms with Crippen LogP contribution in [-0.2, 0) is 4.74 Å². The van der Waals surface area contributed by atoms with E-state index in [1.165, 1.54) is 19.3 Å². The highest BCUT2D eigenvalue weighted by molar-refractivity contribution is 4.69. The Kier molecular flexibility index (Phi) is 10.4. The van der Waals surface area contributed by atoms with Gasteiger partial charge in [0.15, 0.2) is 0 Å². The second-order valence-corrected chi connectivity index (χ2v) is 4.48. The largest absolute Gasteiger partial charge is 0.380 e. The molecule has 0 aromatic heterocycles. The van der Waals surface area contributed by atoms with Crippen molar-refractivity contribution in [1.29, 1.82) is 0 Å². The van der Waals surface area contributed by atoms with Crippen molar-refractivity contribution in [2.45, 2.75) is 59.4 Å². The van der Waals surface area contributed by atoms with Crippen LogP contribution in [0.25, 0.3) is 0 Å². The predicted molar refractivity (Wildman–Crippen MR) is 67.3 cm³/mol. The van der Waals surface area contributed by atoms with E-state index < -0.39 is 0 Å². The summed E-state index contributed by atoms with van der Waals surface area (Å²) in [6.07, 6.45) is 4.81. The molecule has 0 heterocycles. The van der Waals surface area contributed by atoms with Crippen LogP contribution in [0.5, 0.6) is 0 Å². The van der Waals surface area contributed by atoms with Crippen LogP contribution in [0.1, 0.15) is 53.4 Å². The molecule has 1 N–H and O–H groups in total. The molecular weight excluding hydrogens is 186 g/mol. The van der Waals surface area contributed by atoms with Crippen LogP contribution in [0.15, 0.2) is 0 Å². The second-order valence-electron chi connectivity index (χ2n) is 4.48. The van der Waals surface area contributed by atoms with Crippen molar-refractivity contribution < 1.29 is 4.74 Å². The van der Waals surface area contributed by atoms with E-state index in [0.29, 0.717) is 6.04 Å². The molecule has 0 radical (unpaired) electrons. The summed E-state index contributed by atoms with van der Waals surface area (Å²) in [5, 5.41) is 3.57. The molecule has 0 aromatic rings. The molecule has 2 heteroatoms. The molecule has 0 saturated heterocycles. The van der Waals surface area contributed by atoms with Gasteiger partial charge in [-0.1, -0.05) is 34.1 Å². The Morgan fingerprint density at radius 3 is 2.40 bits per heavy atom. The highest BCUT2D eigenvalue weighted by atomic mass is 16.5. The molecule has 0 spiro atoms. The van der Waals surface area contributed by atoms with E-state index in [2.05, 4.69) is 33.0 Å². The van der Waals surface area contributed by atoms with Crippen molar-refractivity contribution >= 4 is 0 Å². The molecule has 92 valence electrons. The van der Waals surface area contributed by atoms with E-state index in [9.17, 15) is 0 Å². The summed E-state index contributed by atoms with van der Waals surface area (Å²) in [6.45, 7) is 11.8. The minimum atomic E-state index is 0.548. The summed E-state index contributed by atoms with van der Waals surface area (Å²) in [7, 11) is 0. The molecule has 0 fully saturated rings. The molecule has 0 bridgehead atoms. The van der Waals surface area contributed by atoms with Gasteiger partial charge in [-0.15, -0.1) is 0 Å². The van der Waals surface area contributed by atoms with Crippen molar-refractivity contribution in [2.24, 2.45) is 5.92 Å². The SMILES string of the molecule is CCCNC(COCCC)CC(C)CC. The fourth-order valence-corrected chi connectivity index (χ4v) is 1.58. The number of rotatable bonds is 10. The Hall–Kier alpha value is -0.0800. The summed E-state index contributed by atoms with van der Waals surface area (Å²) >= 11 is 0. The highest BCUT2D eigenvalue weighted by Crippen LogP contribution is 2.10. The van der Waals surface area contributed by atoms with E-state index in [4.69, 9.17) is 4.74 Å². The first-order valence-electron chi connectivity index (χ1n) is 6.55. The first-order chi connectivity index (χ1) is 7.24. The van der Waals surface area contributed by atoms with Crippen molar-refractivity contribution in [3.63, 3.8) is 0 Å². The zero-order valence-electron chi connectivity index (χ0n) is 11.0. The fraction of sp³-hybridized carbons (Fsp3) is 1.00. The normalized spacial score (nSPS) is 15.2. The van der Waals surface area contributed by atoms with Gasteiger partial charge in [0.1, 0.15) is 0 Å². The van der Waals surface area contributed by atoms with Crippen LogP contribution in [0, 0.1) is 5.92 Å². The summed E-state index contributed by atoms with van der Waals surface area (Å²) in [4.78, 5) is 0.